The number of nitrogens with one attached hydrogen (secondary N) is 4. The number of carboxylic acid groups (broad SMARTS) is 4. The van der Waals surface area contributed by atoms with Crippen molar-refractivity contribution in [1.29, 1.82) is 0 Å². The minimum absolute atomic E-state index is 0. The van der Waals surface area contributed by atoms with Crippen LogP contribution >= 0.6 is 0 Å². The molecule has 2 amide bonds. The minimum Gasteiger partial charge on any atom is -0.735 e. The van der Waals surface area contributed by atoms with E-state index in [4.69, 9.17) is 56.8 Å². The van der Waals surface area contributed by atoms with Crippen LogP contribution in [-0.2, 0) is 135 Å². The first-order valence-corrected chi connectivity index (χ1v) is 36.9. The third-order valence-corrected chi connectivity index (χ3v) is 18.0. The predicted octanol–water partition coefficient (Wildman–Crippen LogP) is -48.5. The Bertz CT molecular complexity index is 3950. The monoisotopic (exact) mass is 1930 g/mol. The number of aliphatic hydroxyl groups is 18. The van der Waals surface area contributed by atoms with Gasteiger partial charge in [0.2, 0.25) is 57.8 Å². The van der Waals surface area contributed by atoms with Crippen molar-refractivity contribution in [3.8, 4) is 0 Å². The number of amides is 2. The quantitative estimate of drug-likeness (QED) is 0.0217. The topological polar surface area (TPSA) is 965 Å². The predicted molar refractivity (Wildman–Crippen MR) is 321 cm³/mol. The van der Waals surface area contributed by atoms with E-state index in [-0.39, 0.29) is 236 Å². The average molecular weight is 1930 g/mol. The van der Waals surface area contributed by atoms with Crippen molar-refractivity contribution in [1.82, 2.24) is 20.1 Å². The fourth-order valence-corrected chi connectivity index (χ4v) is 13.1. The van der Waals surface area contributed by atoms with Gasteiger partial charge < -0.3 is 217 Å². The molecule has 0 spiro atoms. The van der Waals surface area contributed by atoms with E-state index in [9.17, 15) is 193 Å². The summed E-state index contributed by atoms with van der Waals surface area (Å²) >= 11 is 0. The molecule has 22 N–H and O–H groups in total. The molecule has 8 aliphatic rings. The zero-order chi connectivity index (χ0) is 86.6. The molecule has 8 heterocycles. The second-order valence-corrected chi connectivity index (χ2v) is 28.4. The maximum atomic E-state index is 11.3. The third kappa shape index (κ3) is 38.7. The summed E-state index contributed by atoms with van der Waals surface area (Å²) in [6.45, 7) is -1.28. The molecule has 8 unspecified atom stereocenters. The fraction of sp³-hybridized carbons (Fsp3) is 0.731. The molecule has 8 aliphatic heterocycles. The Morgan fingerprint density at radius 2 is 0.541 bits per heavy atom. The molecule has 122 heavy (non-hydrogen) atoms. The molecule has 58 nitrogen and oxygen atoms in total. The second kappa shape index (κ2) is 57.3. The van der Waals surface area contributed by atoms with Gasteiger partial charge in [-0.1, -0.05) is 0 Å². The molecular weight excluding hydrogens is 1860 g/mol. The first kappa shape index (κ1) is 130. The summed E-state index contributed by atoms with van der Waals surface area (Å²) in [5.41, 5.74) is 0. The van der Waals surface area contributed by atoms with Crippen molar-refractivity contribution in [2.75, 3.05) is 26.4 Å². The van der Waals surface area contributed by atoms with E-state index in [0.717, 1.165) is 13.8 Å². The van der Waals surface area contributed by atoms with Gasteiger partial charge in [0, 0.05) is 13.8 Å². The molecule has 0 aliphatic carbocycles. The third-order valence-electron chi connectivity index (χ3n) is 15.9. The van der Waals surface area contributed by atoms with Crippen molar-refractivity contribution in [2.45, 2.75) is 210 Å². The van der Waals surface area contributed by atoms with Gasteiger partial charge in [-0.15, -0.1) is 0 Å². The normalized spacial score (nSPS) is 36.0. The standard InChI is InChI=1S/C14H21NO14S.C14H21NO11.C12H19NO16S2.C12H19NO13S.8Na/c1-4(17)15-8-9(19)11(7(3-16)26-13(8)22)28-14-10(29-30(23,24)25)5(18)2-6(27-14)12(20)21;1-4(17)15-8-10(20)11(7(3-16)24-13(8)23)26-14-9(19)5(18)2-6(25-14)12(21)22;14-2-5-9(7(16)6(11(19)26-5)13-30(20,21)22)28-12-8(29-31(23,24)25)3(15)1-4(27-12)10(17)18;14-2-5-9(8(17)6(11(20)24-5)13-27(21,22)23)26-12-7(16)3(15)1-4(25-12)10(18)19;;;;;;;;/h2,5,7-11,13-14,16,18-19,22H,3H2,1H3,(H,15,17)(H,20,21)(H,23,24,25);2,5,7-11,13-14,16,18-20,23H,3H2,1H3,(H,15,17)(H,21,22);1,3,5-9,11-16,19H,2H2,(H,17,18)(H,20,21,22)(H,23,24,25);1,3,5-9,11-17,20H,2H2,(H,18,19)(H,21,22,23);;;;;;;;/q;;;;8*+1/p-8/t2*5-,7+,8+,9+,10+,11?,13?,14-;2*3-,5+,6+,7+,8+,9?,11?,12-;;;;;;;;/m0000......../s1. The molecule has 0 aromatic rings. The van der Waals surface area contributed by atoms with E-state index in [1.807, 2.05) is 0 Å². The van der Waals surface area contributed by atoms with Crippen LogP contribution in [0.3, 0.4) is 0 Å². The molecule has 656 valence electrons. The Morgan fingerprint density at radius 1 is 0.336 bits per heavy atom. The van der Waals surface area contributed by atoms with Gasteiger partial charge >= 0.3 is 236 Å². The van der Waals surface area contributed by atoms with Gasteiger partial charge in [0.15, 0.2) is 58.0 Å². The van der Waals surface area contributed by atoms with Crippen molar-refractivity contribution in [3.63, 3.8) is 0 Å². The summed E-state index contributed by atoms with van der Waals surface area (Å²) in [5, 5.41) is 225. The SMILES string of the molecule is CC(=O)N[C@H]1C(O)O[C@H](CO)C(O[C@@H]2OC(C(=O)[O-])=C[C@H](O)[C@H]2O)[C@@H]1O.CC(=O)N[C@H]1C(O)O[C@H](CO)C(O[C@@H]2OC(C(=O)[O-])=C[C@H](O)[C@H]2OS(=O)(=O)[O-])[C@@H]1O.O=C([O-])C1=C[C@H](O)[C@@H](O)[C@H](OC2[C@@H](CO)OC(O)[C@H](NS(=O)(=O)[O-])[C@H]2O)O1.O=C([O-])C1=C[C@H](O)[C@@H](OS(=O)(=O)[O-])[C@H](OC2[C@@H](CO)OC(O)[C@H](NS(=O)(=O)[O-])[C@H]2O)O1.[Na+].[Na+].[Na+].[Na+].[Na+].[Na+].[Na+].[Na+]. The van der Waals surface area contributed by atoms with E-state index in [1.54, 1.807) is 0 Å². The van der Waals surface area contributed by atoms with Gasteiger partial charge in [-0.05, 0) is 24.3 Å². The van der Waals surface area contributed by atoms with E-state index < -0.39 is 323 Å². The second-order valence-electron chi connectivity index (χ2n) is 24.1. The molecule has 8 rings (SSSR count). The number of carbonyl (C=O) groups is 6. The van der Waals surface area contributed by atoms with Crippen molar-refractivity contribution >= 4 is 77.1 Å². The largest absolute Gasteiger partial charge is 1.00 e. The Kier molecular flexibility index (Phi) is 61.0. The van der Waals surface area contributed by atoms with Crippen LogP contribution in [0.25, 0.3) is 0 Å². The number of aliphatic hydroxyl groups excluding tert-OH is 18. The molecule has 4 fully saturated rings. The number of carbonyl (C=O) groups excluding carboxylic acids is 6. The summed E-state index contributed by atoms with van der Waals surface area (Å²) < 4.78 is 202. The van der Waals surface area contributed by atoms with Crippen molar-refractivity contribution in [3.05, 3.63) is 47.3 Å². The number of aliphatic carboxylic acids is 4. The Morgan fingerprint density at radius 3 is 0.746 bits per heavy atom. The maximum absolute atomic E-state index is 11.3. The van der Waals surface area contributed by atoms with Crippen molar-refractivity contribution in [2.24, 2.45) is 0 Å². The van der Waals surface area contributed by atoms with Gasteiger partial charge in [0.1, 0.15) is 181 Å². The summed E-state index contributed by atoms with van der Waals surface area (Å²) in [6.07, 6.45) is -49.4. The van der Waals surface area contributed by atoms with Crippen LogP contribution in [0.2, 0.25) is 0 Å². The first-order valence-electron chi connectivity index (χ1n) is 31.4. The van der Waals surface area contributed by atoms with E-state index in [2.05, 4.69) is 19.0 Å². The molecule has 0 aromatic carbocycles. The van der Waals surface area contributed by atoms with Crippen LogP contribution in [0.1, 0.15) is 13.8 Å². The summed E-state index contributed by atoms with van der Waals surface area (Å²) in [5.74, 6) is -12.6. The molecule has 70 heteroatoms. The van der Waals surface area contributed by atoms with E-state index in [0.29, 0.717) is 24.3 Å². The average Bonchev–Trinajstić information content (AvgIpc) is 0.787. The van der Waals surface area contributed by atoms with Gasteiger partial charge in [0.25, 0.3) is 0 Å². The number of hydrogen-bond donors (Lipinski definition) is 22. The van der Waals surface area contributed by atoms with Crippen LogP contribution in [0.4, 0.5) is 0 Å². The summed E-state index contributed by atoms with van der Waals surface area (Å²) in [4.78, 5) is 66.3. The van der Waals surface area contributed by atoms with Crippen LogP contribution in [0, 0.1) is 0 Å². The number of ether oxygens (including phenoxy) is 12. The smallest absolute Gasteiger partial charge is 0.735 e. The minimum atomic E-state index is -5.52. The van der Waals surface area contributed by atoms with Gasteiger partial charge in [-0.2, -0.15) is 0 Å². The number of hydrogen-bond acceptors (Lipinski definition) is 54. The molecule has 0 saturated carbocycles. The van der Waals surface area contributed by atoms with Crippen molar-refractivity contribution < 1.29 is 495 Å². The zero-order valence-corrected chi connectivity index (χ0v) is 84.3. The molecule has 0 radical (unpaired) electrons. The maximum Gasteiger partial charge on any atom is 1.00 e. The van der Waals surface area contributed by atoms with Gasteiger partial charge in [0.05, 0.1) is 26.4 Å². The summed E-state index contributed by atoms with van der Waals surface area (Å²) in [6, 6.07) is -6.80. The molecule has 0 bridgehead atoms. The van der Waals surface area contributed by atoms with E-state index >= 15 is 0 Å². The zero-order valence-electron chi connectivity index (χ0n) is 65.0. The number of rotatable bonds is 26. The molecule has 32 atom stereocenters. The summed E-state index contributed by atoms with van der Waals surface area (Å²) in [7, 11) is -21.4. The van der Waals surface area contributed by atoms with Crippen LogP contribution < -0.4 is 277 Å². The van der Waals surface area contributed by atoms with Gasteiger partial charge in [-0.3, -0.25) is 18.0 Å². The Labute approximate surface area is 864 Å². The van der Waals surface area contributed by atoms with Gasteiger partial charge in [-0.25, -0.2) is 43.1 Å². The molecular formula is C52H72N4Na8O54S4. The Hall–Kier alpha value is 1.42. The van der Waals surface area contributed by atoms with Crippen LogP contribution in [0.15, 0.2) is 47.3 Å². The fourth-order valence-electron chi connectivity index (χ4n) is 10.9. The van der Waals surface area contributed by atoms with Crippen LogP contribution in [0.5, 0.6) is 0 Å². The van der Waals surface area contributed by atoms with Crippen LogP contribution in [-0.4, -0.2) is 402 Å². The van der Waals surface area contributed by atoms with E-state index in [1.165, 1.54) is 9.44 Å². The molecule has 4 saturated heterocycles. The first-order chi connectivity index (χ1) is 52.6. The number of carboxylic acids is 4. The Balaban J connectivity index is -0.000000746. The molecule has 0 aromatic heterocycles.